The molecule has 0 saturated carbocycles. The summed E-state index contributed by atoms with van der Waals surface area (Å²) in [6.07, 6.45) is 5.53. The Morgan fingerprint density at radius 3 is 2.91 bits per heavy atom. The van der Waals surface area contributed by atoms with E-state index in [1.807, 2.05) is 20.8 Å². The fraction of sp³-hybridized carbons (Fsp3) is 0.647. The maximum absolute atomic E-state index is 12.5. The van der Waals surface area contributed by atoms with E-state index < -0.39 is 29.4 Å². The topological polar surface area (TPSA) is 76.1 Å². The molecule has 0 radical (unpaired) electrons. The Hall–Kier alpha value is -1.82. The lowest BCUT2D eigenvalue weighted by Gasteiger charge is -2.42. The third-order valence-corrected chi connectivity index (χ3v) is 4.47. The first-order valence-corrected chi connectivity index (χ1v) is 8.02. The van der Waals surface area contributed by atoms with Gasteiger partial charge in [-0.3, -0.25) is 0 Å². The molecule has 0 bridgehead atoms. The van der Waals surface area contributed by atoms with Gasteiger partial charge in [0, 0.05) is 24.6 Å². The second-order valence-corrected chi connectivity index (χ2v) is 7.37. The highest BCUT2D eigenvalue weighted by Crippen LogP contribution is 2.45. The predicted molar refractivity (Wildman–Crippen MR) is 82.6 cm³/mol. The molecule has 6 nitrogen and oxygen atoms in total. The Morgan fingerprint density at radius 1 is 1.48 bits per heavy atom. The van der Waals surface area contributed by atoms with E-state index in [-0.39, 0.29) is 12.5 Å². The minimum Gasteiger partial charge on any atom is -0.449 e. The van der Waals surface area contributed by atoms with Gasteiger partial charge < -0.3 is 19.5 Å². The number of likely N-dealkylation sites (tertiary alicyclic amines) is 1. The smallest absolute Gasteiger partial charge is 0.410 e. The van der Waals surface area contributed by atoms with Crippen LogP contribution in [0.4, 0.5) is 4.79 Å². The minimum absolute atomic E-state index is 0.269. The zero-order valence-electron chi connectivity index (χ0n) is 13.7. The predicted octanol–water partition coefficient (Wildman–Crippen LogP) is 1.93. The van der Waals surface area contributed by atoms with E-state index in [9.17, 15) is 14.7 Å². The fourth-order valence-electron chi connectivity index (χ4n) is 3.65. The lowest BCUT2D eigenvalue weighted by molar-refractivity contribution is -0.153. The number of ether oxygens (including phenoxy) is 2. The summed E-state index contributed by atoms with van der Waals surface area (Å²) in [5.41, 5.74) is -0.814. The molecule has 23 heavy (non-hydrogen) atoms. The Balaban J connectivity index is 1.90. The summed E-state index contributed by atoms with van der Waals surface area (Å²) in [5.74, 6) is -0.421. The van der Waals surface area contributed by atoms with Gasteiger partial charge in [-0.15, -0.1) is 0 Å². The van der Waals surface area contributed by atoms with Crippen molar-refractivity contribution in [3.63, 3.8) is 0 Å². The average Bonchev–Trinajstić information content (AvgIpc) is 3.00. The van der Waals surface area contributed by atoms with Crippen LogP contribution in [0.1, 0.15) is 40.0 Å². The highest BCUT2D eigenvalue weighted by molar-refractivity contribution is 5.88. The van der Waals surface area contributed by atoms with Crippen LogP contribution in [-0.2, 0) is 14.3 Å². The van der Waals surface area contributed by atoms with Crippen LogP contribution in [0.25, 0.3) is 0 Å². The number of aliphatic hydroxyl groups excluding tert-OH is 1. The van der Waals surface area contributed by atoms with Crippen LogP contribution in [0.5, 0.6) is 0 Å². The van der Waals surface area contributed by atoms with Gasteiger partial charge in [-0.25, -0.2) is 9.59 Å². The Morgan fingerprint density at radius 2 is 2.22 bits per heavy atom. The second-order valence-electron chi connectivity index (χ2n) is 7.37. The van der Waals surface area contributed by atoms with Crippen molar-refractivity contribution < 1.29 is 24.2 Å². The van der Waals surface area contributed by atoms with Crippen molar-refractivity contribution in [2.45, 2.75) is 63.4 Å². The monoisotopic (exact) mass is 321 g/mol. The molecule has 2 aliphatic heterocycles. The summed E-state index contributed by atoms with van der Waals surface area (Å²) in [7, 11) is 0. The highest BCUT2D eigenvalue weighted by atomic mass is 16.6. The largest absolute Gasteiger partial charge is 0.449 e. The number of carbonyl (C=O) groups excluding carboxylic acids is 2. The summed E-state index contributed by atoms with van der Waals surface area (Å²) in [6.45, 7) is 6.03. The maximum atomic E-state index is 12.5. The molecular formula is C17H23NO5. The van der Waals surface area contributed by atoms with E-state index in [1.165, 1.54) is 6.08 Å². The number of aliphatic hydroxyl groups is 1. The van der Waals surface area contributed by atoms with Crippen LogP contribution in [-0.4, -0.2) is 52.0 Å². The van der Waals surface area contributed by atoms with E-state index in [4.69, 9.17) is 9.47 Å². The molecule has 126 valence electrons. The molecule has 0 aromatic heterocycles. The van der Waals surface area contributed by atoms with E-state index in [0.717, 1.165) is 12.0 Å². The molecule has 2 heterocycles. The summed E-state index contributed by atoms with van der Waals surface area (Å²) in [6, 6.07) is -0.311. The lowest BCUT2D eigenvalue weighted by atomic mass is 9.77. The summed E-state index contributed by atoms with van der Waals surface area (Å²) < 4.78 is 11.1. The van der Waals surface area contributed by atoms with Crippen molar-refractivity contribution >= 4 is 12.1 Å². The van der Waals surface area contributed by atoms with Gasteiger partial charge in [0.25, 0.3) is 0 Å². The summed E-state index contributed by atoms with van der Waals surface area (Å²) >= 11 is 0. The van der Waals surface area contributed by atoms with Crippen LogP contribution in [0.2, 0.25) is 0 Å². The molecule has 0 unspecified atom stereocenters. The van der Waals surface area contributed by atoms with Gasteiger partial charge in [0.2, 0.25) is 0 Å². The molecular weight excluding hydrogens is 298 g/mol. The van der Waals surface area contributed by atoms with Crippen LogP contribution >= 0.6 is 0 Å². The molecule has 3 atom stereocenters. The zero-order valence-corrected chi connectivity index (χ0v) is 13.7. The first-order chi connectivity index (χ1) is 10.7. The van der Waals surface area contributed by atoms with Gasteiger partial charge in [0.1, 0.15) is 5.60 Å². The number of esters is 1. The van der Waals surface area contributed by atoms with Crippen molar-refractivity contribution in [1.29, 1.82) is 0 Å². The second kappa shape index (κ2) is 5.37. The Labute approximate surface area is 135 Å². The van der Waals surface area contributed by atoms with Gasteiger partial charge >= 0.3 is 12.1 Å². The normalized spacial score (nSPS) is 33.3. The van der Waals surface area contributed by atoms with Crippen molar-refractivity contribution in [1.82, 2.24) is 4.90 Å². The van der Waals surface area contributed by atoms with E-state index in [0.29, 0.717) is 13.0 Å². The Kier molecular flexibility index (Phi) is 3.75. The molecule has 1 saturated heterocycles. The molecule has 0 aromatic carbocycles. The first-order valence-electron chi connectivity index (χ1n) is 8.02. The highest BCUT2D eigenvalue weighted by Gasteiger charge is 2.55. The number of amides is 1. The molecule has 1 fully saturated rings. The van der Waals surface area contributed by atoms with Crippen LogP contribution < -0.4 is 0 Å². The SMILES string of the molecule is CC(C)(C)OC(=O)N1CCC[C@@H]1[C@]12C[C@@H](O)C=CC1=CC(=O)O2. The van der Waals surface area contributed by atoms with E-state index in [1.54, 1.807) is 17.1 Å². The van der Waals surface area contributed by atoms with E-state index in [2.05, 4.69) is 0 Å². The van der Waals surface area contributed by atoms with Crippen LogP contribution in [0.15, 0.2) is 23.8 Å². The minimum atomic E-state index is -0.960. The maximum Gasteiger partial charge on any atom is 0.410 e. The number of hydrogen-bond acceptors (Lipinski definition) is 5. The molecule has 0 spiro atoms. The lowest BCUT2D eigenvalue weighted by Crippen LogP contribution is -2.56. The molecule has 1 amide bonds. The molecule has 0 aromatic rings. The molecule has 3 aliphatic rings. The Bertz CT molecular complexity index is 588. The number of hydrogen-bond donors (Lipinski definition) is 1. The molecule has 3 rings (SSSR count). The summed E-state index contributed by atoms with van der Waals surface area (Å²) in [5, 5.41) is 10.0. The number of nitrogens with zero attached hydrogens (tertiary/aromatic N) is 1. The van der Waals surface area contributed by atoms with Crippen molar-refractivity contribution in [3.05, 3.63) is 23.8 Å². The van der Waals surface area contributed by atoms with Crippen molar-refractivity contribution in [2.75, 3.05) is 6.54 Å². The van der Waals surface area contributed by atoms with Gasteiger partial charge in [-0.1, -0.05) is 12.2 Å². The number of carbonyl (C=O) groups is 2. The van der Waals surface area contributed by atoms with Crippen molar-refractivity contribution in [3.8, 4) is 0 Å². The van der Waals surface area contributed by atoms with E-state index >= 15 is 0 Å². The molecule has 6 heteroatoms. The quantitative estimate of drug-likeness (QED) is 0.747. The van der Waals surface area contributed by atoms with Gasteiger partial charge in [-0.05, 0) is 33.6 Å². The van der Waals surface area contributed by atoms with Gasteiger partial charge in [0.05, 0.1) is 12.1 Å². The van der Waals surface area contributed by atoms with Crippen LogP contribution in [0.3, 0.4) is 0 Å². The van der Waals surface area contributed by atoms with Gasteiger partial charge in [0.15, 0.2) is 5.60 Å². The van der Waals surface area contributed by atoms with Crippen molar-refractivity contribution in [2.24, 2.45) is 0 Å². The third kappa shape index (κ3) is 2.87. The van der Waals surface area contributed by atoms with Gasteiger partial charge in [-0.2, -0.15) is 0 Å². The standard InChI is InChI=1S/C17H23NO5/c1-16(2,3)23-15(21)18-8-4-5-13(18)17-10-12(19)7-6-11(17)9-14(20)22-17/h6-7,9,12-13,19H,4-5,8,10H2,1-3H3/t12-,13+,17-/m0/s1. The third-order valence-electron chi connectivity index (χ3n) is 4.47. The van der Waals surface area contributed by atoms with Crippen LogP contribution in [0, 0.1) is 0 Å². The number of fused-ring (bicyclic) bond motifs is 1. The number of rotatable bonds is 1. The first kappa shape index (κ1) is 16.1. The average molecular weight is 321 g/mol. The zero-order chi connectivity index (χ0) is 16.8. The molecule has 1 aliphatic carbocycles. The summed E-state index contributed by atoms with van der Waals surface area (Å²) in [4.78, 5) is 26.0. The fourth-order valence-corrected chi connectivity index (χ4v) is 3.65. The molecule has 1 N–H and O–H groups in total.